The molecule has 5 unspecified atom stereocenters. The Labute approximate surface area is 360 Å². The molecule has 0 bridgehead atoms. The molecule has 12 nitrogen and oxygen atoms in total. The SMILES string of the molecule is CC(CCC1(C(C)C)CC1C)[C@H]1CC[C@@]2(C)C3C[C@H](OS(=O)(=O)[O-])C4C[C@H](OS(=O)(=O)[O-])[C@@H](OS(=O)(=O)[O-])C[C@]4(C)C3=CC[C@]12C.[Na+].[Na+].[Na+]. The van der Waals surface area contributed by atoms with E-state index in [1.807, 2.05) is 0 Å². The fourth-order valence-electron chi connectivity index (χ4n) is 11.2. The van der Waals surface area contributed by atoms with Crippen LogP contribution in [0.5, 0.6) is 0 Å². The van der Waals surface area contributed by atoms with Gasteiger partial charge >= 0.3 is 88.7 Å². The average Bonchev–Trinajstić information content (AvgIpc) is 3.45. The van der Waals surface area contributed by atoms with Crippen molar-refractivity contribution in [3.63, 3.8) is 0 Å². The van der Waals surface area contributed by atoms with E-state index < -0.39 is 60.8 Å². The second-order valence-electron chi connectivity index (χ2n) is 16.2. The van der Waals surface area contributed by atoms with Crippen molar-refractivity contribution < 1.29 is 140 Å². The quantitative estimate of drug-likeness (QED) is 0.0851. The second kappa shape index (κ2) is 16.1. The van der Waals surface area contributed by atoms with Gasteiger partial charge in [0.25, 0.3) is 0 Å². The minimum atomic E-state index is -5.37. The molecule has 4 saturated carbocycles. The molecule has 266 valence electrons. The molecular weight excluding hydrogens is 730 g/mol. The standard InChI is InChI=1S/C31H52O12S3.3Na/c1-18(2)31(16-20(31)4)13-8-19(3)21-9-11-30(7)23-14-25(41-44(32,33)34)24-15-26(42-45(35,36)37)27(43-46(38,39)40)17-28(24,5)22(23)10-12-29(21,30)6;;;/h10,18-21,23-27H,8-9,11-17H2,1-7H3,(H,32,33,34)(H,35,36,37)(H,38,39,40);;;/q;3*+1/p-3/t19?,20?,21-,23?,24?,25+,26+,27+,28-,29-,30+,31?;;;/m1.../s1. The van der Waals surface area contributed by atoms with Crippen LogP contribution in [0.1, 0.15) is 106 Å². The van der Waals surface area contributed by atoms with E-state index in [0.29, 0.717) is 23.2 Å². The molecule has 5 rings (SSSR count). The Balaban J connectivity index is 0.00000278. The van der Waals surface area contributed by atoms with Gasteiger partial charge in [0.05, 0.1) is 6.10 Å². The zero-order valence-electron chi connectivity index (χ0n) is 30.8. The van der Waals surface area contributed by atoms with E-state index in [1.54, 1.807) is 6.92 Å². The predicted molar refractivity (Wildman–Crippen MR) is 164 cm³/mol. The molecule has 0 N–H and O–H groups in total. The molecule has 0 heterocycles. The summed E-state index contributed by atoms with van der Waals surface area (Å²) < 4.78 is 121. The fraction of sp³-hybridized carbons (Fsp3) is 0.935. The smallest absolute Gasteiger partial charge is 0.726 e. The summed E-state index contributed by atoms with van der Waals surface area (Å²) in [5, 5.41) is 0. The van der Waals surface area contributed by atoms with Crippen LogP contribution in [0.15, 0.2) is 11.6 Å². The number of allylic oxidation sites excluding steroid dienone is 2. The van der Waals surface area contributed by atoms with Crippen molar-refractivity contribution in [3.05, 3.63) is 11.6 Å². The van der Waals surface area contributed by atoms with Crippen molar-refractivity contribution in [3.8, 4) is 0 Å². The maximum absolute atomic E-state index is 12.0. The Morgan fingerprint density at radius 2 is 1.31 bits per heavy atom. The Morgan fingerprint density at radius 1 is 0.796 bits per heavy atom. The van der Waals surface area contributed by atoms with Crippen LogP contribution in [0.25, 0.3) is 0 Å². The molecule has 0 amide bonds. The van der Waals surface area contributed by atoms with Gasteiger partial charge in [-0.05, 0) is 115 Å². The van der Waals surface area contributed by atoms with Crippen LogP contribution in [-0.4, -0.2) is 57.2 Å². The van der Waals surface area contributed by atoms with Crippen LogP contribution < -0.4 is 88.7 Å². The van der Waals surface area contributed by atoms with Gasteiger partial charge in [-0.15, -0.1) is 0 Å². The maximum atomic E-state index is 12.0. The summed E-state index contributed by atoms with van der Waals surface area (Å²) in [4.78, 5) is 0. The Kier molecular flexibility index (Phi) is 15.6. The van der Waals surface area contributed by atoms with Crippen LogP contribution in [0.3, 0.4) is 0 Å². The van der Waals surface area contributed by atoms with E-state index in [0.717, 1.165) is 37.2 Å². The molecule has 0 aromatic heterocycles. The van der Waals surface area contributed by atoms with E-state index in [9.17, 15) is 38.9 Å². The Bertz CT molecular complexity index is 1570. The van der Waals surface area contributed by atoms with Crippen LogP contribution in [0, 0.1) is 57.2 Å². The summed E-state index contributed by atoms with van der Waals surface area (Å²) in [7, 11) is -15.9. The fourth-order valence-corrected chi connectivity index (χ4v) is 12.8. The van der Waals surface area contributed by atoms with Gasteiger partial charge in [0.1, 0.15) is 12.2 Å². The van der Waals surface area contributed by atoms with Gasteiger partial charge in [0, 0.05) is 0 Å². The first kappa shape index (κ1) is 47.5. The maximum Gasteiger partial charge on any atom is 1.00 e. The average molecular weight is 779 g/mol. The molecule has 5 aliphatic carbocycles. The molecular formula is C31H49Na3O12S3. The minimum Gasteiger partial charge on any atom is -0.726 e. The van der Waals surface area contributed by atoms with Gasteiger partial charge in [0.2, 0.25) is 31.2 Å². The second-order valence-corrected chi connectivity index (χ2v) is 19.3. The Hall–Kier alpha value is 2.35. The van der Waals surface area contributed by atoms with Crippen LogP contribution in [-0.2, 0) is 43.7 Å². The van der Waals surface area contributed by atoms with Gasteiger partial charge in [-0.2, -0.15) is 0 Å². The number of rotatable bonds is 11. The third kappa shape index (κ3) is 9.32. The number of hydrogen-bond donors (Lipinski definition) is 0. The summed E-state index contributed by atoms with van der Waals surface area (Å²) in [6.45, 7) is 15.6. The van der Waals surface area contributed by atoms with Crippen molar-refractivity contribution in [2.45, 2.75) is 125 Å². The molecule has 0 radical (unpaired) electrons. The van der Waals surface area contributed by atoms with Gasteiger partial charge in [-0.3, -0.25) is 12.5 Å². The van der Waals surface area contributed by atoms with Crippen molar-refractivity contribution in [2.75, 3.05) is 0 Å². The van der Waals surface area contributed by atoms with Crippen molar-refractivity contribution in [2.24, 2.45) is 57.2 Å². The van der Waals surface area contributed by atoms with E-state index in [2.05, 4.69) is 51.8 Å². The summed E-state index contributed by atoms with van der Waals surface area (Å²) in [6.07, 6.45) is 3.28. The van der Waals surface area contributed by atoms with Crippen LogP contribution >= 0.6 is 0 Å². The third-order valence-corrected chi connectivity index (χ3v) is 15.5. The monoisotopic (exact) mass is 778 g/mol. The molecule has 0 spiro atoms. The van der Waals surface area contributed by atoms with E-state index >= 15 is 0 Å². The Morgan fingerprint density at radius 3 is 1.80 bits per heavy atom. The largest absolute Gasteiger partial charge is 1.00 e. The van der Waals surface area contributed by atoms with Gasteiger partial charge in [-0.1, -0.05) is 60.1 Å². The van der Waals surface area contributed by atoms with E-state index in [1.165, 1.54) is 12.8 Å². The van der Waals surface area contributed by atoms with Crippen LogP contribution in [0.2, 0.25) is 0 Å². The molecule has 4 fully saturated rings. The molecule has 0 aromatic rings. The predicted octanol–water partition coefficient (Wildman–Crippen LogP) is -4.18. The summed E-state index contributed by atoms with van der Waals surface area (Å²) in [6, 6.07) is 0. The van der Waals surface area contributed by atoms with E-state index in [4.69, 9.17) is 8.37 Å². The molecule has 0 aliphatic heterocycles. The summed E-state index contributed by atoms with van der Waals surface area (Å²) >= 11 is 0. The van der Waals surface area contributed by atoms with E-state index in [-0.39, 0.29) is 125 Å². The van der Waals surface area contributed by atoms with Gasteiger partial charge in [0.15, 0.2) is 0 Å². The van der Waals surface area contributed by atoms with Gasteiger partial charge < -0.3 is 13.7 Å². The zero-order valence-corrected chi connectivity index (χ0v) is 39.2. The molecule has 0 aromatic carbocycles. The summed E-state index contributed by atoms with van der Waals surface area (Å²) in [5.74, 6) is 1.11. The molecule has 18 heteroatoms. The first-order valence-corrected chi connectivity index (χ1v) is 20.5. The van der Waals surface area contributed by atoms with Crippen molar-refractivity contribution in [1.82, 2.24) is 0 Å². The van der Waals surface area contributed by atoms with Crippen molar-refractivity contribution in [1.29, 1.82) is 0 Å². The third-order valence-electron chi connectivity index (χ3n) is 14.0. The number of hydrogen-bond acceptors (Lipinski definition) is 12. The molecule has 12 atom stereocenters. The topological polar surface area (TPSA) is 199 Å². The van der Waals surface area contributed by atoms with Gasteiger partial charge in [-0.25, -0.2) is 25.3 Å². The first-order valence-electron chi connectivity index (χ1n) is 16.5. The molecule has 0 saturated heterocycles. The summed E-state index contributed by atoms with van der Waals surface area (Å²) in [5.41, 5.74) is -0.203. The molecule has 5 aliphatic rings. The zero-order chi connectivity index (χ0) is 34.5. The number of fused-ring (bicyclic) bond motifs is 5. The van der Waals surface area contributed by atoms with Crippen molar-refractivity contribution >= 4 is 31.2 Å². The normalized spacial score (nSPS) is 42.3. The molecule has 49 heavy (non-hydrogen) atoms. The minimum absolute atomic E-state index is 0. The first-order chi connectivity index (χ1) is 20.9. The van der Waals surface area contributed by atoms with Crippen LogP contribution in [0.4, 0.5) is 0 Å².